The van der Waals surface area contributed by atoms with Crippen LogP contribution in [0.1, 0.15) is 42.8 Å². The van der Waals surface area contributed by atoms with Gasteiger partial charge in [0.15, 0.2) is 0 Å². The predicted molar refractivity (Wildman–Crippen MR) is 112 cm³/mol. The smallest absolute Gasteiger partial charge is 0.125 e. The molecule has 2 aromatic carbocycles. The number of benzene rings is 2. The number of imidazole rings is 1. The molecule has 5 nitrogen and oxygen atoms in total. The predicted octanol–water partition coefficient (Wildman–Crippen LogP) is 4.88. The number of rotatable bonds is 7. The number of aryl methyl sites for hydroxylation is 1. The van der Waals surface area contributed by atoms with Gasteiger partial charge in [-0.15, -0.1) is 0 Å². The van der Waals surface area contributed by atoms with Crippen molar-refractivity contribution in [2.75, 3.05) is 13.7 Å². The van der Waals surface area contributed by atoms with Gasteiger partial charge in [-0.2, -0.15) is 0 Å². The summed E-state index contributed by atoms with van der Waals surface area (Å²) in [7, 11) is 1.77. The zero-order valence-electron chi connectivity index (χ0n) is 17.1. The molecule has 0 amide bonds. The Morgan fingerprint density at radius 3 is 2.76 bits per heavy atom. The molecule has 0 spiro atoms. The van der Waals surface area contributed by atoms with Crippen LogP contribution in [-0.2, 0) is 22.5 Å². The maximum absolute atomic E-state index is 6.18. The topological polar surface area (TPSA) is 45.5 Å². The van der Waals surface area contributed by atoms with Crippen LogP contribution < -0.4 is 4.74 Å². The van der Waals surface area contributed by atoms with Gasteiger partial charge in [0.05, 0.1) is 12.2 Å². The van der Waals surface area contributed by atoms with Crippen molar-refractivity contribution in [2.45, 2.75) is 45.0 Å². The highest BCUT2D eigenvalue weighted by Gasteiger charge is 2.26. The molecule has 1 saturated heterocycles. The Bertz CT molecular complexity index is 920. The van der Waals surface area contributed by atoms with Crippen LogP contribution in [0.5, 0.6) is 5.75 Å². The second-order valence-corrected chi connectivity index (χ2v) is 7.30. The van der Waals surface area contributed by atoms with Gasteiger partial charge in [0, 0.05) is 50.2 Å². The fourth-order valence-electron chi connectivity index (χ4n) is 3.82. The highest BCUT2D eigenvalue weighted by Crippen LogP contribution is 2.35. The van der Waals surface area contributed by atoms with Crippen molar-refractivity contribution in [3.05, 3.63) is 77.9 Å². The molecule has 2 unspecified atom stereocenters. The first-order chi connectivity index (χ1) is 14.3. The Balaban J connectivity index is 1.44. The average Bonchev–Trinajstić information content (AvgIpc) is 3.27. The highest BCUT2D eigenvalue weighted by atomic mass is 16.5. The number of aromatic nitrogens is 2. The SMILES string of the molecule is CCc1nccn1-c1ccc(COc2ccccc2C2CC(OC)CCO2)cc1. The quantitative estimate of drug-likeness (QED) is 0.575. The maximum atomic E-state index is 6.18. The second kappa shape index (κ2) is 9.25. The van der Waals surface area contributed by atoms with Gasteiger partial charge in [0.25, 0.3) is 0 Å². The summed E-state index contributed by atoms with van der Waals surface area (Å²) in [5.74, 6) is 1.94. The van der Waals surface area contributed by atoms with Crippen LogP contribution in [0.3, 0.4) is 0 Å². The van der Waals surface area contributed by atoms with Gasteiger partial charge < -0.3 is 18.8 Å². The van der Waals surface area contributed by atoms with E-state index in [1.807, 2.05) is 30.6 Å². The fraction of sp³-hybridized carbons (Fsp3) is 0.375. The first-order valence-electron chi connectivity index (χ1n) is 10.3. The molecular formula is C24H28N2O3. The van der Waals surface area contributed by atoms with E-state index >= 15 is 0 Å². The zero-order chi connectivity index (χ0) is 20.1. The summed E-state index contributed by atoms with van der Waals surface area (Å²) in [6.07, 6.45) is 6.80. The van der Waals surface area contributed by atoms with Crippen molar-refractivity contribution in [1.29, 1.82) is 0 Å². The molecule has 2 heterocycles. The maximum Gasteiger partial charge on any atom is 0.125 e. The van der Waals surface area contributed by atoms with Crippen molar-refractivity contribution in [3.63, 3.8) is 0 Å². The molecule has 1 fully saturated rings. The van der Waals surface area contributed by atoms with Crippen LogP contribution in [0.15, 0.2) is 60.9 Å². The average molecular weight is 392 g/mol. The van der Waals surface area contributed by atoms with Crippen LogP contribution in [0, 0.1) is 0 Å². The molecule has 0 bridgehead atoms. The van der Waals surface area contributed by atoms with Crippen molar-refractivity contribution < 1.29 is 14.2 Å². The Hall–Kier alpha value is -2.63. The number of para-hydroxylation sites is 1. The van der Waals surface area contributed by atoms with Gasteiger partial charge in [-0.3, -0.25) is 0 Å². The molecule has 0 N–H and O–H groups in total. The van der Waals surface area contributed by atoms with E-state index < -0.39 is 0 Å². The minimum Gasteiger partial charge on any atom is -0.489 e. The Kier molecular flexibility index (Phi) is 6.27. The van der Waals surface area contributed by atoms with E-state index in [2.05, 4.69) is 46.8 Å². The Morgan fingerprint density at radius 1 is 1.14 bits per heavy atom. The van der Waals surface area contributed by atoms with Gasteiger partial charge in [0.1, 0.15) is 18.2 Å². The fourth-order valence-corrected chi connectivity index (χ4v) is 3.82. The summed E-state index contributed by atoms with van der Waals surface area (Å²) in [5, 5.41) is 0. The lowest BCUT2D eigenvalue weighted by Crippen LogP contribution is -2.25. The molecule has 0 saturated carbocycles. The third-order valence-electron chi connectivity index (χ3n) is 5.48. The first-order valence-corrected chi connectivity index (χ1v) is 10.3. The molecule has 152 valence electrons. The minimum atomic E-state index is 0.0148. The van der Waals surface area contributed by atoms with Crippen molar-refractivity contribution in [3.8, 4) is 11.4 Å². The van der Waals surface area contributed by atoms with Crippen molar-refractivity contribution in [2.24, 2.45) is 0 Å². The summed E-state index contributed by atoms with van der Waals surface area (Å²) in [4.78, 5) is 4.39. The molecule has 1 aliphatic heterocycles. The number of hydrogen-bond donors (Lipinski definition) is 0. The first kappa shape index (κ1) is 19.7. The molecule has 2 atom stereocenters. The number of ether oxygens (including phenoxy) is 3. The van der Waals surface area contributed by atoms with Gasteiger partial charge >= 0.3 is 0 Å². The van der Waals surface area contributed by atoms with E-state index in [4.69, 9.17) is 14.2 Å². The van der Waals surface area contributed by atoms with Gasteiger partial charge in [0.2, 0.25) is 0 Å². The number of hydrogen-bond acceptors (Lipinski definition) is 4. The molecule has 29 heavy (non-hydrogen) atoms. The third-order valence-corrected chi connectivity index (χ3v) is 5.48. The van der Waals surface area contributed by atoms with E-state index in [0.29, 0.717) is 13.2 Å². The highest BCUT2D eigenvalue weighted by molar-refractivity contribution is 5.38. The van der Waals surface area contributed by atoms with E-state index in [9.17, 15) is 0 Å². The largest absolute Gasteiger partial charge is 0.489 e. The van der Waals surface area contributed by atoms with Crippen LogP contribution in [-0.4, -0.2) is 29.4 Å². The van der Waals surface area contributed by atoms with Gasteiger partial charge in [-0.1, -0.05) is 37.3 Å². The lowest BCUT2D eigenvalue weighted by atomic mass is 9.98. The normalized spacial score (nSPS) is 19.2. The molecule has 1 aromatic heterocycles. The van der Waals surface area contributed by atoms with Crippen molar-refractivity contribution >= 4 is 0 Å². The van der Waals surface area contributed by atoms with E-state index in [1.54, 1.807) is 7.11 Å². The van der Waals surface area contributed by atoms with Gasteiger partial charge in [-0.25, -0.2) is 4.98 Å². The Labute approximate surface area is 172 Å². The summed E-state index contributed by atoms with van der Waals surface area (Å²) in [6.45, 7) is 3.35. The van der Waals surface area contributed by atoms with Crippen LogP contribution >= 0.6 is 0 Å². The van der Waals surface area contributed by atoms with Crippen molar-refractivity contribution in [1.82, 2.24) is 9.55 Å². The monoisotopic (exact) mass is 392 g/mol. The number of nitrogens with zero attached hydrogens (tertiary/aromatic N) is 2. The second-order valence-electron chi connectivity index (χ2n) is 7.30. The van der Waals surface area contributed by atoms with Crippen LogP contribution in [0.2, 0.25) is 0 Å². The van der Waals surface area contributed by atoms with Crippen LogP contribution in [0.25, 0.3) is 5.69 Å². The molecule has 3 aromatic rings. The summed E-state index contributed by atoms with van der Waals surface area (Å²) >= 11 is 0. The van der Waals surface area contributed by atoms with E-state index in [1.165, 1.54) is 0 Å². The molecule has 0 aliphatic carbocycles. The lowest BCUT2D eigenvalue weighted by molar-refractivity contribution is -0.0607. The third kappa shape index (κ3) is 4.52. The summed E-state index contributed by atoms with van der Waals surface area (Å²) in [5.41, 5.74) is 3.34. The molecule has 1 aliphatic rings. The summed E-state index contributed by atoms with van der Waals surface area (Å²) in [6, 6.07) is 16.6. The Morgan fingerprint density at radius 2 is 1.97 bits per heavy atom. The van der Waals surface area contributed by atoms with Gasteiger partial charge in [-0.05, 0) is 30.2 Å². The van der Waals surface area contributed by atoms with E-state index in [0.717, 1.165) is 47.7 Å². The minimum absolute atomic E-state index is 0.0148. The standard InChI is InChI=1S/C24H28N2O3/c1-3-24-25-13-14-26(24)19-10-8-18(9-11-19)17-29-22-7-5-4-6-21(22)23-16-20(27-2)12-15-28-23/h4-11,13-14,20,23H,3,12,15-17H2,1-2H3. The summed E-state index contributed by atoms with van der Waals surface area (Å²) < 4.78 is 19.8. The molecule has 5 heteroatoms. The van der Waals surface area contributed by atoms with Crippen LogP contribution in [0.4, 0.5) is 0 Å². The zero-order valence-corrected chi connectivity index (χ0v) is 17.1. The lowest BCUT2D eigenvalue weighted by Gasteiger charge is -2.29. The van der Waals surface area contributed by atoms with E-state index in [-0.39, 0.29) is 12.2 Å². The molecular weight excluding hydrogens is 364 g/mol. The molecule has 4 rings (SSSR count). The number of methoxy groups -OCH3 is 1. The molecule has 0 radical (unpaired) electrons.